The van der Waals surface area contributed by atoms with Gasteiger partial charge in [-0.05, 0) is 94.6 Å². The number of furan rings is 1. The molecule has 0 saturated carbocycles. The molecule has 14 rings (SSSR count). The van der Waals surface area contributed by atoms with Crippen LogP contribution in [0.1, 0.15) is 11.1 Å². The molecule has 0 saturated heterocycles. The van der Waals surface area contributed by atoms with Crippen LogP contribution in [-0.4, -0.2) is 10.2 Å². The lowest BCUT2D eigenvalue weighted by Crippen LogP contribution is -1.77. The van der Waals surface area contributed by atoms with Gasteiger partial charge in [0.25, 0.3) is 0 Å². The predicted octanol–water partition coefficient (Wildman–Crippen LogP) is 16.6. The maximum atomic E-state index is 10.1. The van der Waals surface area contributed by atoms with Crippen molar-refractivity contribution >= 4 is 109 Å². The van der Waals surface area contributed by atoms with Gasteiger partial charge in [-0.1, -0.05) is 206 Å². The molecular weight excluding hydrogens is 769 g/mol. The van der Waals surface area contributed by atoms with Gasteiger partial charge in [-0.15, -0.1) is 0 Å². The maximum absolute atomic E-state index is 10.1. The fourth-order valence-electron chi connectivity index (χ4n) is 9.19. The van der Waals surface area contributed by atoms with E-state index < -0.39 is 0 Å². The molecule has 1 aliphatic carbocycles. The van der Waals surface area contributed by atoms with Crippen LogP contribution in [0.5, 0.6) is 11.5 Å². The van der Waals surface area contributed by atoms with Crippen LogP contribution in [0.4, 0.5) is 0 Å². The first kappa shape index (κ1) is 37.6. The first-order valence-electron chi connectivity index (χ1n) is 21.2. The Morgan fingerprint density at radius 1 is 0.270 bits per heavy atom. The van der Waals surface area contributed by atoms with Gasteiger partial charge in [0.05, 0.1) is 0 Å². The van der Waals surface area contributed by atoms with Gasteiger partial charge in [-0.3, -0.25) is 0 Å². The molecule has 12 aromatic carbocycles. The van der Waals surface area contributed by atoms with E-state index in [-0.39, 0.29) is 0 Å². The third kappa shape index (κ3) is 6.83. The lowest BCUT2D eigenvalue weighted by molar-refractivity contribution is 0.482. The van der Waals surface area contributed by atoms with Crippen LogP contribution in [0.2, 0.25) is 0 Å². The van der Waals surface area contributed by atoms with Crippen LogP contribution in [-0.2, 0) is 0 Å². The largest absolute Gasteiger partial charge is 0.507 e. The van der Waals surface area contributed by atoms with E-state index in [9.17, 15) is 10.2 Å². The van der Waals surface area contributed by atoms with E-state index in [1.54, 1.807) is 0 Å². The van der Waals surface area contributed by atoms with Gasteiger partial charge in [0.15, 0.2) is 0 Å². The molecule has 0 bridgehead atoms. The summed E-state index contributed by atoms with van der Waals surface area (Å²) in [6, 6.07) is 74.0. The van der Waals surface area contributed by atoms with E-state index in [0.29, 0.717) is 11.5 Å². The standard InChI is InChI=1S/C20H12O.2C14H10O.C12H8/c1-3-7-15-13(5-1)9-11-17-19(15)20-16-8-4-2-6-14(16)10-12-18(20)21-17;15-14-12-7-3-1-5-10(12)9-11-6-2-4-8-13(11)14;15-14-9-10-5-1-2-6-11(10)12-7-3-4-8-13(12)14;1-3-9-4-2-6-11-8-7-10(5-1)12(9)11/h1-12H;2*1-9,15H;1-8H. The molecular formula is C60H40O3. The Morgan fingerprint density at radius 3 is 1.19 bits per heavy atom. The molecule has 13 aromatic rings. The Hall–Kier alpha value is -8.40. The van der Waals surface area contributed by atoms with Gasteiger partial charge in [0.2, 0.25) is 0 Å². The highest BCUT2D eigenvalue weighted by atomic mass is 16.3. The Morgan fingerprint density at radius 2 is 0.667 bits per heavy atom. The summed E-state index contributed by atoms with van der Waals surface area (Å²) in [6.07, 6.45) is 4.36. The fraction of sp³-hybridized carbons (Fsp3) is 0. The Labute approximate surface area is 363 Å². The van der Waals surface area contributed by atoms with Crippen LogP contribution in [0.15, 0.2) is 223 Å². The Kier molecular flexibility index (Phi) is 9.48. The molecule has 298 valence electrons. The van der Waals surface area contributed by atoms with Crippen molar-refractivity contribution in [3.05, 3.63) is 230 Å². The second kappa shape index (κ2) is 15.9. The number of phenols is 2. The first-order chi connectivity index (χ1) is 31.1. The number of aromatic hydroxyl groups is 2. The van der Waals surface area contributed by atoms with Gasteiger partial charge in [-0.25, -0.2) is 0 Å². The summed E-state index contributed by atoms with van der Waals surface area (Å²) in [5.41, 5.74) is 4.62. The van der Waals surface area contributed by atoms with Gasteiger partial charge in [-0.2, -0.15) is 0 Å². The molecule has 3 nitrogen and oxygen atoms in total. The molecule has 3 heteroatoms. The summed E-state index contributed by atoms with van der Waals surface area (Å²) in [5.74, 6) is 0.730. The van der Waals surface area contributed by atoms with Gasteiger partial charge in [0.1, 0.15) is 22.7 Å². The van der Waals surface area contributed by atoms with E-state index in [1.807, 2.05) is 97.1 Å². The zero-order valence-corrected chi connectivity index (χ0v) is 34.2. The van der Waals surface area contributed by atoms with Crippen molar-refractivity contribution < 1.29 is 14.6 Å². The lowest BCUT2D eigenvalue weighted by Gasteiger charge is -2.05. The first-order valence-corrected chi connectivity index (χ1v) is 21.2. The van der Waals surface area contributed by atoms with Crippen molar-refractivity contribution in [2.45, 2.75) is 0 Å². The van der Waals surface area contributed by atoms with Crippen molar-refractivity contribution in [1.82, 2.24) is 0 Å². The minimum Gasteiger partial charge on any atom is -0.507 e. The van der Waals surface area contributed by atoms with Crippen molar-refractivity contribution in [1.29, 1.82) is 0 Å². The van der Waals surface area contributed by atoms with Gasteiger partial charge >= 0.3 is 0 Å². The average Bonchev–Trinajstić information content (AvgIpc) is 3.96. The van der Waals surface area contributed by atoms with Crippen molar-refractivity contribution in [3.63, 3.8) is 0 Å². The summed E-state index contributed by atoms with van der Waals surface area (Å²) in [5, 5.41) is 38.4. The number of rotatable bonds is 0. The molecule has 1 aromatic heterocycles. The summed E-state index contributed by atoms with van der Waals surface area (Å²) in [7, 11) is 0. The van der Waals surface area contributed by atoms with Crippen LogP contribution in [0.25, 0.3) is 109 Å². The number of fused-ring (bicyclic) bond motifs is 12. The number of hydrogen-bond acceptors (Lipinski definition) is 3. The molecule has 0 amide bonds. The third-order valence-electron chi connectivity index (χ3n) is 12.2. The lowest BCUT2D eigenvalue weighted by atomic mass is 10.00. The summed E-state index contributed by atoms with van der Waals surface area (Å²) < 4.78 is 6.07. The second-order valence-electron chi connectivity index (χ2n) is 15.9. The highest BCUT2D eigenvalue weighted by Gasteiger charge is 2.13. The fourth-order valence-corrected chi connectivity index (χ4v) is 9.19. The summed E-state index contributed by atoms with van der Waals surface area (Å²) >= 11 is 0. The average molecular weight is 809 g/mol. The van der Waals surface area contributed by atoms with E-state index in [4.69, 9.17) is 4.42 Å². The van der Waals surface area contributed by atoms with Crippen LogP contribution in [0, 0.1) is 0 Å². The molecule has 0 fully saturated rings. The highest BCUT2D eigenvalue weighted by Crippen LogP contribution is 2.39. The smallest absolute Gasteiger partial charge is 0.136 e. The van der Waals surface area contributed by atoms with Crippen molar-refractivity contribution in [2.75, 3.05) is 0 Å². The quantitative estimate of drug-likeness (QED) is 0.119. The maximum Gasteiger partial charge on any atom is 0.136 e. The van der Waals surface area contributed by atoms with Gasteiger partial charge < -0.3 is 14.6 Å². The Balaban J connectivity index is 0.0000000960. The second-order valence-corrected chi connectivity index (χ2v) is 15.9. The SMILES string of the molecule is C1=Cc2cccc3cccc1c23.Oc1c2ccccc2cc2ccccc12.Oc1cc2ccccc2c2ccccc12.c1ccc2c(c1)ccc1oc3ccc4ccccc4c3c12. The molecule has 0 spiro atoms. The van der Waals surface area contributed by atoms with Crippen LogP contribution < -0.4 is 0 Å². The molecule has 63 heavy (non-hydrogen) atoms. The molecule has 0 unspecified atom stereocenters. The summed E-state index contributed by atoms with van der Waals surface area (Å²) in [6.45, 7) is 0. The van der Waals surface area contributed by atoms with E-state index in [0.717, 1.165) is 48.9 Å². The van der Waals surface area contributed by atoms with E-state index in [1.165, 1.54) is 59.6 Å². The molecule has 0 atom stereocenters. The minimum absolute atomic E-state index is 0.351. The molecule has 1 aliphatic rings. The van der Waals surface area contributed by atoms with Crippen LogP contribution in [0.3, 0.4) is 0 Å². The third-order valence-corrected chi connectivity index (χ3v) is 12.2. The molecule has 0 aliphatic heterocycles. The zero-order valence-electron chi connectivity index (χ0n) is 34.2. The van der Waals surface area contributed by atoms with Crippen molar-refractivity contribution in [3.8, 4) is 11.5 Å². The van der Waals surface area contributed by atoms with E-state index >= 15 is 0 Å². The molecule has 2 N–H and O–H groups in total. The number of hydrogen-bond donors (Lipinski definition) is 2. The minimum atomic E-state index is 0.351. The summed E-state index contributed by atoms with van der Waals surface area (Å²) in [4.78, 5) is 0. The zero-order chi connectivity index (χ0) is 42.3. The van der Waals surface area contributed by atoms with Gasteiger partial charge in [0, 0.05) is 26.9 Å². The number of phenolic OH excluding ortho intramolecular Hbond substituents is 2. The molecule has 1 heterocycles. The monoisotopic (exact) mass is 808 g/mol. The van der Waals surface area contributed by atoms with Crippen LogP contribution >= 0.6 is 0 Å². The Bertz CT molecular complexity index is 3690. The predicted molar refractivity (Wildman–Crippen MR) is 268 cm³/mol. The van der Waals surface area contributed by atoms with Crippen molar-refractivity contribution in [2.24, 2.45) is 0 Å². The normalized spacial score (nSPS) is 11.6. The number of benzene rings is 12. The highest BCUT2D eigenvalue weighted by molar-refractivity contribution is 6.26. The molecule has 0 radical (unpaired) electrons. The topological polar surface area (TPSA) is 53.6 Å². The van der Waals surface area contributed by atoms with E-state index in [2.05, 4.69) is 133 Å².